The van der Waals surface area contributed by atoms with Gasteiger partial charge in [-0.25, -0.2) is 0 Å². The van der Waals surface area contributed by atoms with E-state index in [-0.39, 0.29) is 6.14 Å². The molecule has 0 aromatic heterocycles. The van der Waals surface area contributed by atoms with Crippen LogP contribution >= 0.6 is 0 Å². The Balaban J connectivity index is 1.97. The highest BCUT2D eigenvalue weighted by molar-refractivity contribution is 8.15. The zero-order valence-corrected chi connectivity index (χ0v) is 25.3. The SMILES string of the molecule is [SiH3][Si]1([SiH]2[SiH2][SiH2][SiH2][SiH2]2)[SiH2][SiH2][SiH2][SiH2][SiH2]1. The standard InChI is InChI=1S/H22Si12/c1-12(9-5-2-6-10-12)11-7-3-4-8-11/h11H,2-10H2,1H3. The van der Waals surface area contributed by atoms with Gasteiger partial charge in [0.25, 0.3) is 0 Å². The summed E-state index contributed by atoms with van der Waals surface area (Å²) in [6.45, 7) is 0. The first-order chi connectivity index (χ1) is 5.81. The smallest absolute Gasteiger partial charge is 0.00483 e. The maximum absolute atomic E-state index is 2.00. The van der Waals surface area contributed by atoms with Crippen molar-refractivity contribution in [3.63, 3.8) is 0 Å². The van der Waals surface area contributed by atoms with Gasteiger partial charge in [0.15, 0.2) is 0 Å². The molecule has 0 radical (unpaired) electrons. The molecule has 0 amide bonds. The molecule has 0 spiro atoms. The quantitative estimate of drug-likeness (QED) is 0.408. The van der Waals surface area contributed by atoms with Crippen LogP contribution in [0.15, 0.2) is 0 Å². The van der Waals surface area contributed by atoms with Gasteiger partial charge in [-0.2, -0.15) is 0 Å². The van der Waals surface area contributed by atoms with Crippen LogP contribution in [-0.4, -0.2) is 100 Å². The highest BCUT2D eigenvalue weighted by Gasteiger charge is 2.39. The summed E-state index contributed by atoms with van der Waals surface area (Å²) in [5, 5.41) is 0. The Morgan fingerprint density at radius 1 is 0.833 bits per heavy atom. The number of rotatable bonds is 1. The predicted octanol–water partition coefficient (Wildman–Crippen LogP) is -10.5. The Bertz CT molecular complexity index is 136. The van der Waals surface area contributed by atoms with Crippen molar-refractivity contribution in [3.05, 3.63) is 0 Å². The number of hydrogen-bond acceptors (Lipinski definition) is 0. The second-order valence-electron chi connectivity index (χ2n) is 5.20. The van der Waals surface area contributed by atoms with Gasteiger partial charge in [0.1, 0.15) is 0 Å². The van der Waals surface area contributed by atoms with Crippen LogP contribution in [0.1, 0.15) is 0 Å². The minimum absolute atomic E-state index is 0.203. The molecule has 0 atom stereocenters. The topological polar surface area (TPSA) is 0 Å². The predicted molar refractivity (Wildman–Crippen MR) is 99.7 cm³/mol. The minimum atomic E-state index is 0.203. The monoisotopic (exact) mass is 358 g/mol. The summed E-state index contributed by atoms with van der Waals surface area (Å²) in [7, 11) is 11.2. The highest BCUT2D eigenvalue weighted by atomic mass is 30.5. The molecule has 2 saturated heterocycles. The third-order valence-corrected chi connectivity index (χ3v) is 351. The van der Waals surface area contributed by atoms with E-state index in [9.17, 15) is 0 Å². The van der Waals surface area contributed by atoms with Crippen LogP contribution in [-0.2, 0) is 0 Å². The van der Waals surface area contributed by atoms with Crippen LogP contribution < -0.4 is 0 Å². The van der Waals surface area contributed by atoms with Crippen molar-refractivity contribution in [1.82, 2.24) is 0 Å². The Hall–Kier alpha value is 2.60. The van der Waals surface area contributed by atoms with E-state index >= 15 is 0 Å². The third kappa shape index (κ3) is 2.59. The van der Waals surface area contributed by atoms with Crippen molar-refractivity contribution in [1.29, 1.82) is 0 Å². The molecule has 0 aromatic carbocycles. The molecule has 2 aliphatic rings. The first kappa shape index (κ1) is 11.1. The molecule has 2 heterocycles. The maximum atomic E-state index is 2.00. The Kier molecular flexibility index (Phi) is 4.71. The molecular formula is H22Si12. The summed E-state index contributed by atoms with van der Waals surface area (Å²) in [6.07, 6.45) is 0.203. The molecule has 0 N–H and O–H groups in total. The Morgan fingerprint density at radius 2 is 1.42 bits per heavy atom. The van der Waals surface area contributed by atoms with Crippen molar-refractivity contribution in [2.45, 2.75) is 0 Å². The fourth-order valence-corrected chi connectivity index (χ4v) is 824. The van der Waals surface area contributed by atoms with Crippen LogP contribution in [0, 0.1) is 0 Å². The molecule has 2 rings (SSSR count). The van der Waals surface area contributed by atoms with E-state index < -0.39 is 0 Å². The Morgan fingerprint density at radius 3 is 2.00 bits per heavy atom. The van der Waals surface area contributed by atoms with Crippen molar-refractivity contribution >= 4 is 100 Å². The fourth-order valence-electron chi connectivity index (χ4n) is 3.39. The summed E-state index contributed by atoms with van der Waals surface area (Å²) in [5.74, 6) is 0. The lowest BCUT2D eigenvalue weighted by molar-refractivity contribution is 3.41. The molecule has 0 nitrogen and oxygen atoms in total. The van der Waals surface area contributed by atoms with E-state index in [4.69, 9.17) is 0 Å². The van der Waals surface area contributed by atoms with Gasteiger partial charge >= 0.3 is 0 Å². The van der Waals surface area contributed by atoms with Crippen LogP contribution in [0.2, 0.25) is 0 Å². The van der Waals surface area contributed by atoms with E-state index in [0.717, 1.165) is 77.0 Å². The van der Waals surface area contributed by atoms with Gasteiger partial charge in [-0.05, 0) is 100 Å². The van der Waals surface area contributed by atoms with E-state index in [1.807, 2.05) is 9.76 Å². The van der Waals surface area contributed by atoms with Gasteiger partial charge in [-0.15, -0.1) is 0 Å². The summed E-state index contributed by atoms with van der Waals surface area (Å²) in [6, 6.07) is 0. The highest BCUT2D eigenvalue weighted by Crippen LogP contribution is 2.02. The van der Waals surface area contributed by atoms with Crippen LogP contribution in [0.5, 0.6) is 0 Å². The molecule has 0 bridgehead atoms. The van der Waals surface area contributed by atoms with Crippen molar-refractivity contribution in [2.75, 3.05) is 0 Å². The molecule has 0 saturated carbocycles. The van der Waals surface area contributed by atoms with E-state index in [2.05, 4.69) is 0 Å². The van der Waals surface area contributed by atoms with Crippen LogP contribution in [0.4, 0.5) is 0 Å². The molecule has 2 aliphatic heterocycles. The molecule has 2 fully saturated rings. The first-order valence-corrected chi connectivity index (χ1v) is 52.3. The Labute approximate surface area is 99.3 Å². The van der Waals surface area contributed by atoms with E-state index in [1.165, 1.54) is 0 Å². The van der Waals surface area contributed by atoms with Gasteiger partial charge in [-0.1, -0.05) is 0 Å². The number of hydrogen-bond donors (Lipinski definition) is 0. The van der Waals surface area contributed by atoms with E-state index in [1.54, 1.807) is 0 Å². The second kappa shape index (κ2) is 5.09. The molecule has 12 heteroatoms. The summed E-state index contributed by atoms with van der Waals surface area (Å²) in [5.41, 5.74) is 0. The zero-order chi connectivity index (χ0) is 8.44. The van der Waals surface area contributed by atoms with Gasteiger partial charge in [0.05, 0.1) is 0 Å². The molecule has 0 aromatic rings. The summed E-state index contributed by atoms with van der Waals surface area (Å²) in [4.78, 5) is 0. The zero-order valence-electron chi connectivity index (χ0n) is 8.44. The summed E-state index contributed by atoms with van der Waals surface area (Å²) < 4.78 is 0. The minimum Gasteiger partial charge on any atom is -0.0109 e. The van der Waals surface area contributed by atoms with Gasteiger partial charge < -0.3 is 0 Å². The molecular weight excluding hydrogens is 337 g/mol. The lowest BCUT2D eigenvalue weighted by Crippen LogP contribution is -2.73. The lowest BCUT2D eigenvalue weighted by Gasteiger charge is -2.35. The van der Waals surface area contributed by atoms with Crippen molar-refractivity contribution in [3.8, 4) is 0 Å². The van der Waals surface area contributed by atoms with E-state index in [0.29, 0.717) is 7.35 Å². The molecule has 70 valence electrons. The maximum Gasteiger partial charge on any atom is -0.00483 e. The van der Waals surface area contributed by atoms with Gasteiger partial charge in [0.2, 0.25) is 0 Å². The van der Waals surface area contributed by atoms with Crippen molar-refractivity contribution < 1.29 is 0 Å². The van der Waals surface area contributed by atoms with Gasteiger partial charge in [0, 0.05) is 0 Å². The van der Waals surface area contributed by atoms with Gasteiger partial charge in [-0.3, -0.25) is 0 Å². The average molecular weight is 359 g/mol. The molecule has 0 unspecified atom stereocenters. The van der Waals surface area contributed by atoms with Crippen LogP contribution in [0.25, 0.3) is 0 Å². The lowest BCUT2D eigenvalue weighted by atomic mass is 25.7. The normalized spacial score (nSPS) is 61.5. The van der Waals surface area contributed by atoms with Crippen molar-refractivity contribution in [2.24, 2.45) is 0 Å². The third-order valence-electron chi connectivity index (χ3n) is 4.34. The summed E-state index contributed by atoms with van der Waals surface area (Å²) >= 11 is 0. The first-order valence-electron chi connectivity index (χ1n) is 5.81. The molecule has 12 heavy (non-hydrogen) atoms. The molecule has 0 aliphatic carbocycles. The second-order valence-corrected chi connectivity index (χ2v) is 140. The average Bonchev–Trinajstić information content (AvgIpc) is 2.58. The van der Waals surface area contributed by atoms with Crippen LogP contribution in [0.3, 0.4) is 0 Å². The largest absolute Gasteiger partial charge is 0.0109 e. The fraction of sp³-hybridized carbons (Fsp3) is 0.